The number of thioether (sulfide) groups is 1. The van der Waals surface area contributed by atoms with Gasteiger partial charge in [-0.2, -0.15) is 0 Å². The van der Waals surface area contributed by atoms with Gasteiger partial charge in [0.25, 0.3) is 11.1 Å². The smallest absolute Gasteiger partial charge is 0.293 e. The Balaban J connectivity index is 1.50. The minimum Gasteiger partial charge on any atom is -0.488 e. The first-order valence-corrected chi connectivity index (χ1v) is 12.2. The van der Waals surface area contributed by atoms with Gasteiger partial charge in [0.1, 0.15) is 24.0 Å². The van der Waals surface area contributed by atoms with Crippen LogP contribution in [0, 0.1) is 11.6 Å². The largest absolute Gasteiger partial charge is 0.488 e. The summed E-state index contributed by atoms with van der Waals surface area (Å²) in [5, 5.41) is 1.31. The van der Waals surface area contributed by atoms with Crippen molar-refractivity contribution in [2.75, 3.05) is 0 Å². The number of hydrogen-bond acceptors (Lipinski definition) is 4. The number of fused-ring (bicyclic) bond motifs is 1. The van der Waals surface area contributed by atoms with Crippen LogP contribution in [-0.4, -0.2) is 16.0 Å². The van der Waals surface area contributed by atoms with Crippen molar-refractivity contribution in [1.29, 1.82) is 0 Å². The highest BCUT2D eigenvalue weighted by molar-refractivity contribution is 8.18. The molecule has 0 unspecified atom stereocenters. The fraction of sp³-hybridized carbons (Fsp3) is 0.0714. The molecule has 180 valence electrons. The van der Waals surface area contributed by atoms with E-state index in [-0.39, 0.29) is 34.5 Å². The van der Waals surface area contributed by atoms with Gasteiger partial charge in [-0.05, 0) is 52.9 Å². The molecule has 0 spiro atoms. The summed E-state index contributed by atoms with van der Waals surface area (Å²) in [6.45, 7) is -0.293. The van der Waals surface area contributed by atoms with Crippen LogP contribution in [0.2, 0.25) is 5.02 Å². The summed E-state index contributed by atoms with van der Waals surface area (Å²) in [5.74, 6) is -1.10. The SMILES string of the molecule is O=C1S/C(=C\c2c(OCc3ccccc3F)ccc3ccccc23)C(=O)N1Cc1c(F)cccc1Cl. The number of imide groups is 1. The first-order valence-electron chi connectivity index (χ1n) is 11.0. The third kappa shape index (κ3) is 4.72. The molecular formula is C28H18ClF2NO3S. The summed E-state index contributed by atoms with van der Waals surface area (Å²) in [4.78, 5) is 27.0. The molecule has 5 rings (SSSR count). The molecule has 1 heterocycles. The molecule has 1 fully saturated rings. The maximum absolute atomic E-state index is 14.3. The normalized spacial score (nSPS) is 14.8. The summed E-state index contributed by atoms with van der Waals surface area (Å²) in [6, 6.07) is 21.7. The molecule has 0 N–H and O–H groups in total. The molecule has 0 radical (unpaired) electrons. The number of amides is 2. The van der Waals surface area contributed by atoms with Crippen molar-refractivity contribution in [2.24, 2.45) is 0 Å². The van der Waals surface area contributed by atoms with Gasteiger partial charge < -0.3 is 4.74 Å². The lowest BCUT2D eigenvalue weighted by Gasteiger charge is -2.14. The predicted molar refractivity (Wildman–Crippen MR) is 138 cm³/mol. The highest BCUT2D eigenvalue weighted by Gasteiger charge is 2.36. The highest BCUT2D eigenvalue weighted by Crippen LogP contribution is 2.38. The standard InChI is InChI=1S/C28H18ClF2NO3S/c29-22-9-5-11-24(31)21(22)15-32-27(33)26(36-28(32)34)14-20-19-8-3-1-6-17(19)12-13-25(20)35-16-18-7-2-4-10-23(18)30/h1-14H,15-16H2/b26-14-. The van der Waals surface area contributed by atoms with Gasteiger partial charge in [0.2, 0.25) is 0 Å². The van der Waals surface area contributed by atoms with Crippen LogP contribution in [0.4, 0.5) is 13.6 Å². The van der Waals surface area contributed by atoms with E-state index in [9.17, 15) is 18.4 Å². The summed E-state index contributed by atoms with van der Waals surface area (Å²) < 4.78 is 34.4. The van der Waals surface area contributed by atoms with Crippen molar-refractivity contribution in [3.63, 3.8) is 0 Å². The van der Waals surface area contributed by atoms with Gasteiger partial charge >= 0.3 is 0 Å². The number of rotatable bonds is 6. The van der Waals surface area contributed by atoms with Crippen LogP contribution in [0.5, 0.6) is 5.75 Å². The first kappa shape index (κ1) is 24.0. The Morgan fingerprint density at radius 1 is 0.889 bits per heavy atom. The number of benzene rings is 4. The maximum Gasteiger partial charge on any atom is 0.293 e. The van der Waals surface area contributed by atoms with Crippen LogP contribution in [0.1, 0.15) is 16.7 Å². The fourth-order valence-corrected chi connectivity index (χ4v) is 4.97. The van der Waals surface area contributed by atoms with Gasteiger partial charge in [0.15, 0.2) is 0 Å². The van der Waals surface area contributed by atoms with Crippen LogP contribution in [0.25, 0.3) is 16.8 Å². The van der Waals surface area contributed by atoms with E-state index in [4.69, 9.17) is 16.3 Å². The highest BCUT2D eigenvalue weighted by atomic mass is 35.5. The number of carbonyl (C=O) groups excluding carboxylic acids is 2. The van der Waals surface area contributed by atoms with Crippen LogP contribution in [0.3, 0.4) is 0 Å². The van der Waals surface area contributed by atoms with E-state index in [0.29, 0.717) is 16.9 Å². The van der Waals surface area contributed by atoms with E-state index in [1.54, 1.807) is 30.3 Å². The minimum atomic E-state index is -0.594. The van der Waals surface area contributed by atoms with Gasteiger partial charge in [-0.15, -0.1) is 0 Å². The zero-order valence-corrected chi connectivity index (χ0v) is 20.3. The van der Waals surface area contributed by atoms with Gasteiger partial charge in [0.05, 0.1) is 11.4 Å². The topological polar surface area (TPSA) is 46.6 Å². The molecule has 0 saturated carbocycles. The number of hydrogen-bond donors (Lipinski definition) is 0. The Morgan fingerprint density at radius 2 is 1.64 bits per heavy atom. The molecule has 0 bridgehead atoms. The van der Waals surface area contributed by atoms with Crippen molar-refractivity contribution in [3.05, 3.63) is 117 Å². The molecule has 2 amide bonds. The molecule has 1 saturated heterocycles. The molecule has 0 atom stereocenters. The van der Waals surface area contributed by atoms with Gasteiger partial charge in [-0.25, -0.2) is 8.78 Å². The van der Waals surface area contributed by atoms with Gasteiger partial charge in [-0.1, -0.05) is 66.2 Å². The lowest BCUT2D eigenvalue weighted by atomic mass is 10.0. The van der Waals surface area contributed by atoms with E-state index >= 15 is 0 Å². The third-order valence-corrected chi connectivity index (χ3v) is 7.06. The maximum atomic E-state index is 14.3. The lowest BCUT2D eigenvalue weighted by Crippen LogP contribution is -2.28. The molecule has 8 heteroatoms. The van der Waals surface area contributed by atoms with E-state index < -0.39 is 17.0 Å². The number of carbonyl (C=O) groups is 2. The zero-order valence-electron chi connectivity index (χ0n) is 18.7. The van der Waals surface area contributed by atoms with E-state index in [0.717, 1.165) is 27.4 Å². The van der Waals surface area contributed by atoms with E-state index in [1.807, 2.05) is 30.3 Å². The monoisotopic (exact) mass is 521 g/mol. The molecule has 1 aliphatic heterocycles. The van der Waals surface area contributed by atoms with Gasteiger partial charge in [-0.3, -0.25) is 14.5 Å². The van der Waals surface area contributed by atoms with E-state index in [1.165, 1.54) is 24.3 Å². The average molecular weight is 522 g/mol. The summed E-state index contributed by atoms with van der Waals surface area (Å²) >= 11 is 6.86. The minimum absolute atomic E-state index is 0.0148. The van der Waals surface area contributed by atoms with Crippen molar-refractivity contribution < 1.29 is 23.1 Å². The molecule has 36 heavy (non-hydrogen) atoms. The Kier molecular flexibility index (Phi) is 6.76. The summed E-state index contributed by atoms with van der Waals surface area (Å²) in [6.07, 6.45) is 1.59. The summed E-state index contributed by atoms with van der Waals surface area (Å²) in [7, 11) is 0. The predicted octanol–water partition coefficient (Wildman–Crippen LogP) is 7.59. The van der Waals surface area contributed by atoms with Gasteiger partial charge in [0, 0.05) is 21.7 Å². The molecular weight excluding hydrogens is 504 g/mol. The Labute approximate surface area is 215 Å². The Hall–Kier alpha value is -3.68. The molecule has 0 aliphatic carbocycles. The molecule has 4 aromatic rings. The second-order valence-electron chi connectivity index (χ2n) is 8.05. The number of ether oxygens (including phenoxy) is 1. The molecule has 4 nitrogen and oxygen atoms in total. The van der Waals surface area contributed by atoms with Crippen molar-refractivity contribution in [1.82, 2.24) is 4.90 Å². The second-order valence-corrected chi connectivity index (χ2v) is 9.45. The molecule has 0 aromatic heterocycles. The average Bonchev–Trinajstić information content (AvgIpc) is 3.13. The Bertz CT molecular complexity index is 1520. The fourth-order valence-electron chi connectivity index (χ4n) is 3.93. The summed E-state index contributed by atoms with van der Waals surface area (Å²) in [5.41, 5.74) is 1.04. The Morgan fingerprint density at radius 3 is 2.44 bits per heavy atom. The van der Waals surface area contributed by atoms with Crippen LogP contribution < -0.4 is 4.74 Å². The number of nitrogens with zero attached hydrogens (tertiary/aromatic N) is 1. The number of halogens is 3. The molecule has 4 aromatic carbocycles. The first-order chi connectivity index (χ1) is 17.4. The molecule has 1 aliphatic rings. The van der Waals surface area contributed by atoms with Crippen molar-refractivity contribution in [3.8, 4) is 5.75 Å². The van der Waals surface area contributed by atoms with Crippen LogP contribution in [-0.2, 0) is 17.9 Å². The lowest BCUT2D eigenvalue weighted by molar-refractivity contribution is -0.123. The quantitative estimate of drug-likeness (QED) is 0.245. The van der Waals surface area contributed by atoms with Crippen molar-refractivity contribution >= 4 is 51.4 Å². The van der Waals surface area contributed by atoms with Crippen LogP contribution >= 0.6 is 23.4 Å². The van der Waals surface area contributed by atoms with Crippen molar-refractivity contribution in [2.45, 2.75) is 13.2 Å². The third-order valence-electron chi connectivity index (χ3n) is 5.80. The second kappa shape index (κ2) is 10.1. The van der Waals surface area contributed by atoms with E-state index in [2.05, 4.69) is 0 Å². The zero-order chi connectivity index (χ0) is 25.2. The van der Waals surface area contributed by atoms with Crippen LogP contribution in [0.15, 0.2) is 83.8 Å².